The van der Waals surface area contributed by atoms with Gasteiger partial charge < -0.3 is 10.4 Å². The van der Waals surface area contributed by atoms with Gasteiger partial charge in [0.25, 0.3) is 0 Å². The lowest BCUT2D eigenvalue weighted by molar-refractivity contribution is 0.241. The third kappa shape index (κ3) is 5.61. The zero-order valence-electron chi connectivity index (χ0n) is 12.0. The van der Waals surface area contributed by atoms with Crippen LogP contribution in [0.15, 0.2) is 48.8 Å². The van der Waals surface area contributed by atoms with E-state index in [1.54, 1.807) is 18.3 Å². The van der Waals surface area contributed by atoms with Crippen LogP contribution < -0.4 is 5.32 Å². The Morgan fingerprint density at radius 2 is 1.95 bits per heavy atom. The molecule has 0 amide bonds. The highest BCUT2D eigenvalue weighted by Gasteiger charge is 2.07. The Kier molecular flexibility index (Phi) is 6.31. The molecule has 3 nitrogen and oxygen atoms in total. The summed E-state index contributed by atoms with van der Waals surface area (Å²) in [5.74, 6) is -0.233. The normalized spacial score (nSPS) is 12.3. The van der Waals surface area contributed by atoms with E-state index < -0.39 is 0 Å². The minimum atomic E-state index is -0.233. The maximum Gasteiger partial charge on any atom is 0.123 e. The molecule has 0 saturated carbocycles. The Labute approximate surface area is 124 Å². The second-order valence-electron chi connectivity index (χ2n) is 5.13. The van der Waals surface area contributed by atoms with E-state index in [4.69, 9.17) is 0 Å². The van der Waals surface area contributed by atoms with Crippen LogP contribution in [-0.2, 0) is 12.8 Å². The molecule has 4 heteroatoms. The summed E-state index contributed by atoms with van der Waals surface area (Å²) in [6, 6.07) is 10.4. The number of rotatable bonds is 8. The van der Waals surface area contributed by atoms with Crippen molar-refractivity contribution in [2.45, 2.75) is 25.3 Å². The predicted octanol–water partition coefficient (Wildman–Crippen LogP) is 2.35. The van der Waals surface area contributed by atoms with Crippen LogP contribution in [0.4, 0.5) is 4.39 Å². The van der Waals surface area contributed by atoms with Gasteiger partial charge in [0.05, 0.1) is 6.61 Å². The smallest absolute Gasteiger partial charge is 0.123 e. The number of pyridine rings is 1. The number of hydrogen-bond acceptors (Lipinski definition) is 3. The van der Waals surface area contributed by atoms with Crippen LogP contribution in [0.5, 0.6) is 0 Å². The molecule has 0 bridgehead atoms. The van der Waals surface area contributed by atoms with Crippen molar-refractivity contribution in [3.05, 3.63) is 65.7 Å². The van der Waals surface area contributed by atoms with Crippen LogP contribution in [-0.4, -0.2) is 29.3 Å². The molecule has 112 valence electrons. The van der Waals surface area contributed by atoms with Gasteiger partial charge in [-0.25, -0.2) is 4.39 Å². The maximum atomic E-state index is 12.8. The topological polar surface area (TPSA) is 45.1 Å². The van der Waals surface area contributed by atoms with Crippen LogP contribution in [0.2, 0.25) is 0 Å². The average Bonchev–Trinajstić information content (AvgIpc) is 2.53. The number of benzene rings is 1. The number of nitrogens with zero attached hydrogens (tertiary/aromatic N) is 1. The predicted molar refractivity (Wildman–Crippen MR) is 81.5 cm³/mol. The van der Waals surface area contributed by atoms with Crippen molar-refractivity contribution >= 4 is 0 Å². The number of halogens is 1. The summed E-state index contributed by atoms with van der Waals surface area (Å²) in [7, 11) is 0. The van der Waals surface area contributed by atoms with E-state index in [2.05, 4.69) is 16.4 Å². The minimum absolute atomic E-state index is 0.00404. The van der Waals surface area contributed by atoms with Crippen LogP contribution >= 0.6 is 0 Å². The van der Waals surface area contributed by atoms with E-state index in [1.807, 2.05) is 12.3 Å². The van der Waals surface area contributed by atoms with Gasteiger partial charge in [-0.2, -0.15) is 0 Å². The molecule has 0 aliphatic rings. The van der Waals surface area contributed by atoms with Gasteiger partial charge in [-0.15, -0.1) is 0 Å². The Hall–Kier alpha value is -1.78. The molecule has 1 aromatic heterocycles. The average molecular weight is 288 g/mol. The molecular weight excluding hydrogens is 267 g/mol. The largest absolute Gasteiger partial charge is 0.395 e. The highest BCUT2D eigenvalue weighted by atomic mass is 19.1. The first-order valence-corrected chi connectivity index (χ1v) is 7.25. The second-order valence-corrected chi connectivity index (χ2v) is 5.13. The molecule has 0 radical (unpaired) electrons. The number of aryl methyl sites for hydroxylation is 1. The van der Waals surface area contributed by atoms with Gasteiger partial charge in [0, 0.05) is 18.4 Å². The molecular formula is C17H21FN2O. The molecule has 1 atom stereocenters. The Bertz CT molecular complexity index is 516. The highest BCUT2D eigenvalue weighted by Crippen LogP contribution is 2.06. The lowest BCUT2D eigenvalue weighted by atomic mass is 10.1. The van der Waals surface area contributed by atoms with Crippen LogP contribution in [0, 0.1) is 5.82 Å². The van der Waals surface area contributed by atoms with Gasteiger partial charge in [0.15, 0.2) is 0 Å². The monoisotopic (exact) mass is 288 g/mol. The molecule has 1 unspecified atom stereocenters. The fourth-order valence-electron chi connectivity index (χ4n) is 2.25. The van der Waals surface area contributed by atoms with Crippen molar-refractivity contribution in [1.82, 2.24) is 10.3 Å². The summed E-state index contributed by atoms with van der Waals surface area (Å²) in [4.78, 5) is 4.09. The number of aliphatic hydroxyl groups excluding tert-OH is 1. The lowest BCUT2D eigenvalue weighted by Crippen LogP contribution is -2.35. The third-order valence-electron chi connectivity index (χ3n) is 3.41. The van der Waals surface area contributed by atoms with Gasteiger partial charge in [-0.3, -0.25) is 4.98 Å². The molecule has 0 aliphatic heterocycles. The van der Waals surface area contributed by atoms with Crippen molar-refractivity contribution in [2.24, 2.45) is 0 Å². The number of aromatic nitrogens is 1. The van der Waals surface area contributed by atoms with Crippen molar-refractivity contribution in [1.29, 1.82) is 0 Å². The quantitative estimate of drug-likeness (QED) is 0.733. The molecule has 0 saturated heterocycles. The molecule has 0 aliphatic carbocycles. The molecule has 2 rings (SSSR count). The van der Waals surface area contributed by atoms with E-state index in [-0.39, 0.29) is 18.5 Å². The van der Waals surface area contributed by atoms with Crippen molar-refractivity contribution in [2.75, 3.05) is 13.2 Å². The standard InChI is InChI=1S/C17H21FN2O/c18-16-7-5-14(6-8-16)11-17(13-21)20-10-2-4-15-3-1-9-19-12-15/h1,3,5-9,12,17,20-21H,2,4,10-11,13H2. The molecule has 0 spiro atoms. The summed E-state index contributed by atoms with van der Waals surface area (Å²) in [6.45, 7) is 0.908. The zero-order chi connectivity index (χ0) is 14.9. The van der Waals surface area contributed by atoms with E-state index in [0.29, 0.717) is 6.42 Å². The van der Waals surface area contributed by atoms with Gasteiger partial charge in [0.1, 0.15) is 5.82 Å². The molecule has 2 N–H and O–H groups in total. The van der Waals surface area contributed by atoms with Crippen molar-refractivity contribution < 1.29 is 9.50 Å². The molecule has 1 heterocycles. The molecule has 0 fully saturated rings. The maximum absolute atomic E-state index is 12.8. The van der Waals surface area contributed by atoms with Gasteiger partial charge in [-0.05, 0) is 55.1 Å². The summed E-state index contributed by atoms with van der Waals surface area (Å²) in [5.41, 5.74) is 2.24. The highest BCUT2D eigenvalue weighted by molar-refractivity contribution is 5.17. The van der Waals surface area contributed by atoms with E-state index >= 15 is 0 Å². The van der Waals surface area contributed by atoms with Gasteiger partial charge >= 0.3 is 0 Å². The SMILES string of the molecule is OCC(Cc1ccc(F)cc1)NCCCc1cccnc1. The fraction of sp³-hybridized carbons (Fsp3) is 0.353. The summed E-state index contributed by atoms with van der Waals surface area (Å²) in [5, 5.41) is 12.8. The Balaban J connectivity index is 1.71. The Morgan fingerprint density at radius 3 is 2.62 bits per heavy atom. The van der Waals surface area contributed by atoms with Gasteiger partial charge in [-0.1, -0.05) is 18.2 Å². The van der Waals surface area contributed by atoms with E-state index in [1.165, 1.54) is 17.7 Å². The lowest BCUT2D eigenvalue weighted by Gasteiger charge is -2.16. The van der Waals surface area contributed by atoms with E-state index in [9.17, 15) is 9.50 Å². The second kappa shape index (κ2) is 8.49. The summed E-state index contributed by atoms with van der Waals surface area (Å²) >= 11 is 0. The van der Waals surface area contributed by atoms with Crippen molar-refractivity contribution in [3.63, 3.8) is 0 Å². The van der Waals surface area contributed by atoms with Crippen LogP contribution in [0.3, 0.4) is 0 Å². The zero-order valence-corrected chi connectivity index (χ0v) is 12.0. The Morgan fingerprint density at radius 1 is 1.14 bits per heavy atom. The fourth-order valence-corrected chi connectivity index (χ4v) is 2.25. The summed E-state index contributed by atoms with van der Waals surface area (Å²) < 4.78 is 12.8. The van der Waals surface area contributed by atoms with Crippen LogP contribution in [0.1, 0.15) is 17.5 Å². The van der Waals surface area contributed by atoms with Crippen molar-refractivity contribution in [3.8, 4) is 0 Å². The molecule has 21 heavy (non-hydrogen) atoms. The van der Waals surface area contributed by atoms with Gasteiger partial charge in [0.2, 0.25) is 0 Å². The number of hydrogen-bond donors (Lipinski definition) is 2. The number of aliphatic hydroxyl groups is 1. The van der Waals surface area contributed by atoms with Crippen LogP contribution in [0.25, 0.3) is 0 Å². The van der Waals surface area contributed by atoms with E-state index in [0.717, 1.165) is 24.9 Å². The number of nitrogens with one attached hydrogen (secondary N) is 1. The molecule has 1 aromatic carbocycles. The summed E-state index contributed by atoms with van der Waals surface area (Å²) in [6.07, 6.45) is 6.30. The molecule has 2 aromatic rings. The first kappa shape index (κ1) is 15.6. The minimum Gasteiger partial charge on any atom is -0.395 e. The first-order chi connectivity index (χ1) is 10.3. The first-order valence-electron chi connectivity index (χ1n) is 7.25. The third-order valence-corrected chi connectivity index (χ3v) is 3.41.